The van der Waals surface area contributed by atoms with Crippen LogP contribution in [0.2, 0.25) is 0 Å². The van der Waals surface area contributed by atoms with Crippen molar-refractivity contribution >= 4 is 5.97 Å². The molecule has 2 aliphatic rings. The summed E-state index contributed by atoms with van der Waals surface area (Å²) in [7, 11) is 2.91. The molecule has 33 heavy (non-hydrogen) atoms. The third-order valence-corrected chi connectivity index (χ3v) is 7.13. The Labute approximate surface area is 194 Å². The molecule has 0 heterocycles. The van der Waals surface area contributed by atoms with E-state index in [1.807, 2.05) is 24.3 Å². The van der Waals surface area contributed by atoms with Gasteiger partial charge in [0.05, 0.1) is 27.2 Å². The fourth-order valence-electron chi connectivity index (χ4n) is 4.91. The topological polar surface area (TPSA) is 44.8 Å². The number of hydrogen-bond acceptors (Lipinski definition) is 4. The van der Waals surface area contributed by atoms with Crippen LogP contribution in [0.3, 0.4) is 0 Å². The SMILES string of the molecule is COC(=O)CC(c1cccc(OCC2CCC(F)(c3cc(OC)ccc3F)CC2)c1)C1CC1. The van der Waals surface area contributed by atoms with Crippen molar-refractivity contribution in [2.75, 3.05) is 20.8 Å². The van der Waals surface area contributed by atoms with Crippen molar-refractivity contribution < 1.29 is 27.8 Å². The van der Waals surface area contributed by atoms with Crippen molar-refractivity contribution in [1.29, 1.82) is 0 Å². The van der Waals surface area contributed by atoms with Gasteiger partial charge in [-0.3, -0.25) is 4.79 Å². The zero-order valence-electron chi connectivity index (χ0n) is 19.3. The minimum Gasteiger partial charge on any atom is -0.497 e. The first-order chi connectivity index (χ1) is 15.9. The zero-order valence-corrected chi connectivity index (χ0v) is 19.3. The van der Waals surface area contributed by atoms with Gasteiger partial charge in [0.2, 0.25) is 0 Å². The van der Waals surface area contributed by atoms with Gasteiger partial charge in [-0.05, 0) is 92.2 Å². The van der Waals surface area contributed by atoms with Crippen molar-refractivity contribution in [2.45, 2.75) is 56.5 Å². The predicted molar refractivity (Wildman–Crippen MR) is 122 cm³/mol. The maximum atomic E-state index is 15.6. The number of hydrogen-bond donors (Lipinski definition) is 0. The van der Waals surface area contributed by atoms with Gasteiger partial charge in [0.15, 0.2) is 0 Å². The molecule has 0 radical (unpaired) electrons. The molecule has 1 unspecified atom stereocenters. The molecule has 0 aliphatic heterocycles. The lowest BCUT2D eigenvalue weighted by Gasteiger charge is -2.34. The van der Waals surface area contributed by atoms with Gasteiger partial charge in [-0.2, -0.15) is 0 Å². The molecule has 0 saturated heterocycles. The van der Waals surface area contributed by atoms with E-state index in [4.69, 9.17) is 14.2 Å². The van der Waals surface area contributed by atoms with E-state index in [1.165, 1.54) is 32.4 Å². The summed E-state index contributed by atoms with van der Waals surface area (Å²) in [5.41, 5.74) is -0.494. The summed E-state index contributed by atoms with van der Waals surface area (Å²) in [5.74, 6) is 1.39. The molecular formula is C27H32F2O4. The number of alkyl halides is 1. The maximum Gasteiger partial charge on any atom is 0.306 e. The first kappa shape index (κ1) is 23.5. The number of carbonyl (C=O) groups excluding carboxylic acids is 1. The second-order valence-electron chi connectivity index (χ2n) is 9.36. The Balaban J connectivity index is 1.35. The number of carbonyl (C=O) groups is 1. The van der Waals surface area contributed by atoms with E-state index < -0.39 is 11.5 Å². The molecule has 0 bridgehead atoms. The number of methoxy groups -OCH3 is 2. The summed E-state index contributed by atoms with van der Waals surface area (Å²) in [6.45, 7) is 0.491. The highest BCUT2D eigenvalue weighted by Crippen LogP contribution is 2.46. The Morgan fingerprint density at radius 2 is 1.82 bits per heavy atom. The lowest BCUT2D eigenvalue weighted by Crippen LogP contribution is -2.30. The third-order valence-electron chi connectivity index (χ3n) is 7.13. The quantitative estimate of drug-likeness (QED) is 0.412. The standard InChI is InChI=1S/C27H32F2O4/c1-31-21-8-9-25(28)24(15-21)27(29)12-10-18(11-13-27)17-33-22-5-3-4-20(14-22)23(19-6-7-19)16-26(30)32-2/h3-5,8-9,14-15,18-19,23H,6-7,10-13,16-17H2,1-2H3. The van der Waals surface area contributed by atoms with Crippen molar-refractivity contribution in [1.82, 2.24) is 0 Å². The van der Waals surface area contributed by atoms with Crippen LogP contribution in [0.1, 0.15) is 62.0 Å². The van der Waals surface area contributed by atoms with E-state index in [0.717, 1.165) is 24.2 Å². The summed E-state index contributed by atoms with van der Waals surface area (Å²) in [5, 5.41) is 0. The molecule has 2 saturated carbocycles. The largest absolute Gasteiger partial charge is 0.497 e. The molecule has 6 heteroatoms. The normalized spacial score (nSPS) is 23.6. The van der Waals surface area contributed by atoms with E-state index in [-0.39, 0.29) is 36.2 Å². The van der Waals surface area contributed by atoms with Gasteiger partial charge in [-0.25, -0.2) is 8.78 Å². The monoisotopic (exact) mass is 458 g/mol. The van der Waals surface area contributed by atoms with Gasteiger partial charge in [0, 0.05) is 5.56 Å². The Morgan fingerprint density at radius 1 is 1.06 bits per heavy atom. The molecule has 0 amide bonds. The second-order valence-corrected chi connectivity index (χ2v) is 9.36. The molecule has 2 aliphatic carbocycles. The van der Waals surface area contributed by atoms with E-state index in [2.05, 4.69) is 0 Å². The van der Waals surface area contributed by atoms with Gasteiger partial charge in [0.25, 0.3) is 0 Å². The fourth-order valence-corrected chi connectivity index (χ4v) is 4.91. The van der Waals surface area contributed by atoms with Crippen molar-refractivity contribution in [3.8, 4) is 11.5 Å². The highest BCUT2D eigenvalue weighted by atomic mass is 19.1. The average molecular weight is 459 g/mol. The summed E-state index contributed by atoms with van der Waals surface area (Å²) < 4.78 is 46.0. The fraction of sp³-hybridized carbons (Fsp3) is 0.519. The van der Waals surface area contributed by atoms with E-state index in [1.54, 1.807) is 0 Å². The summed E-state index contributed by atoms with van der Waals surface area (Å²) in [6, 6.07) is 12.2. The van der Waals surface area contributed by atoms with Gasteiger partial charge in [-0.1, -0.05) is 12.1 Å². The molecule has 0 N–H and O–H groups in total. The minimum absolute atomic E-state index is 0.0886. The Bertz CT molecular complexity index is 964. The first-order valence-corrected chi connectivity index (χ1v) is 11.7. The first-order valence-electron chi connectivity index (χ1n) is 11.7. The minimum atomic E-state index is -1.68. The average Bonchev–Trinajstić information content (AvgIpc) is 3.68. The molecule has 2 fully saturated rings. The number of esters is 1. The third kappa shape index (κ3) is 5.66. The van der Waals surface area contributed by atoms with Crippen LogP contribution in [0, 0.1) is 17.7 Å². The Morgan fingerprint density at radius 3 is 2.48 bits per heavy atom. The van der Waals surface area contributed by atoms with Crippen LogP contribution in [0.4, 0.5) is 8.78 Å². The second kappa shape index (κ2) is 10.1. The summed E-state index contributed by atoms with van der Waals surface area (Å²) in [4.78, 5) is 11.8. The summed E-state index contributed by atoms with van der Waals surface area (Å²) in [6.07, 6.45) is 4.41. The lowest BCUT2D eigenvalue weighted by molar-refractivity contribution is -0.141. The molecule has 2 aromatic carbocycles. The predicted octanol–water partition coefficient (Wildman–Crippen LogP) is 6.33. The molecule has 0 aromatic heterocycles. The van der Waals surface area contributed by atoms with E-state index >= 15 is 4.39 Å². The Kier molecular flexibility index (Phi) is 7.20. The molecular weight excluding hydrogens is 426 g/mol. The van der Waals surface area contributed by atoms with Crippen LogP contribution in [-0.4, -0.2) is 26.8 Å². The van der Waals surface area contributed by atoms with Crippen LogP contribution >= 0.6 is 0 Å². The Hall–Kier alpha value is -2.63. The highest BCUT2D eigenvalue weighted by molar-refractivity contribution is 5.70. The van der Waals surface area contributed by atoms with Crippen LogP contribution in [-0.2, 0) is 15.2 Å². The smallest absolute Gasteiger partial charge is 0.306 e. The highest BCUT2D eigenvalue weighted by Gasteiger charge is 2.39. The van der Waals surface area contributed by atoms with Gasteiger partial charge >= 0.3 is 5.97 Å². The van der Waals surface area contributed by atoms with Crippen LogP contribution in [0.5, 0.6) is 11.5 Å². The molecule has 2 aromatic rings. The van der Waals surface area contributed by atoms with Crippen LogP contribution < -0.4 is 9.47 Å². The number of ether oxygens (including phenoxy) is 3. The van der Waals surface area contributed by atoms with E-state index in [0.29, 0.717) is 37.5 Å². The molecule has 4 rings (SSSR count). The zero-order chi connectivity index (χ0) is 23.4. The molecule has 178 valence electrons. The van der Waals surface area contributed by atoms with Gasteiger partial charge < -0.3 is 14.2 Å². The number of rotatable bonds is 9. The van der Waals surface area contributed by atoms with Crippen LogP contribution in [0.25, 0.3) is 0 Å². The van der Waals surface area contributed by atoms with Gasteiger partial charge in [0.1, 0.15) is 23.0 Å². The van der Waals surface area contributed by atoms with Crippen molar-refractivity contribution in [3.05, 3.63) is 59.4 Å². The molecule has 4 nitrogen and oxygen atoms in total. The van der Waals surface area contributed by atoms with Crippen molar-refractivity contribution in [3.63, 3.8) is 0 Å². The van der Waals surface area contributed by atoms with E-state index in [9.17, 15) is 9.18 Å². The molecule has 1 atom stereocenters. The van der Waals surface area contributed by atoms with Crippen LogP contribution in [0.15, 0.2) is 42.5 Å². The molecule has 0 spiro atoms. The van der Waals surface area contributed by atoms with Crippen molar-refractivity contribution in [2.24, 2.45) is 11.8 Å². The number of benzene rings is 2. The summed E-state index contributed by atoms with van der Waals surface area (Å²) >= 11 is 0. The lowest BCUT2D eigenvalue weighted by atomic mass is 9.76. The number of halogens is 2. The van der Waals surface area contributed by atoms with Gasteiger partial charge in [-0.15, -0.1) is 0 Å². The maximum absolute atomic E-state index is 15.6.